The van der Waals surface area contributed by atoms with Crippen LogP contribution >= 0.6 is 0 Å². The number of hydrogen-bond donors (Lipinski definition) is 3. The molecule has 5 nitrogen and oxygen atoms in total. The largest absolute Gasteiger partial charge is 0.416 e. The molecular formula is C19H20F3N3O2. The van der Waals surface area contributed by atoms with Crippen LogP contribution in [-0.2, 0) is 17.5 Å². The highest BCUT2D eigenvalue weighted by Gasteiger charge is 2.30. The molecule has 0 aromatic heterocycles. The van der Waals surface area contributed by atoms with Gasteiger partial charge in [-0.25, -0.2) is 4.79 Å². The number of carbonyl (C=O) groups excluding carboxylic acids is 2. The minimum absolute atomic E-state index is 0.288. The predicted molar refractivity (Wildman–Crippen MR) is 94.7 cm³/mol. The Hall–Kier alpha value is -3.03. The van der Waals surface area contributed by atoms with Gasteiger partial charge in [0.25, 0.3) is 0 Å². The van der Waals surface area contributed by atoms with E-state index in [-0.39, 0.29) is 6.54 Å². The molecule has 0 fully saturated rings. The van der Waals surface area contributed by atoms with E-state index in [1.165, 1.54) is 12.1 Å². The molecule has 3 N–H and O–H groups in total. The van der Waals surface area contributed by atoms with Crippen molar-refractivity contribution in [2.75, 3.05) is 6.54 Å². The third-order valence-electron chi connectivity index (χ3n) is 3.80. The van der Waals surface area contributed by atoms with Gasteiger partial charge in [-0.1, -0.05) is 42.5 Å². The summed E-state index contributed by atoms with van der Waals surface area (Å²) in [7, 11) is 0. The molecule has 144 valence electrons. The van der Waals surface area contributed by atoms with Crippen LogP contribution in [0.4, 0.5) is 18.0 Å². The molecule has 0 saturated heterocycles. The Morgan fingerprint density at radius 1 is 1.00 bits per heavy atom. The number of alkyl halides is 3. The molecule has 0 aliphatic carbocycles. The molecule has 1 unspecified atom stereocenters. The first kappa shape index (κ1) is 20.3. The van der Waals surface area contributed by atoms with Gasteiger partial charge in [0.1, 0.15) is 0 Å². The zero-order valence-electron chi connectivity index (χ0n) is 14.6. The third-order valence-corrected chi connectivity index (χ3v) is 3.80. The van der Waals surface area contributed by atoms with Crippen LogP contribution in [0.15, 0.2) is 54.6 Å². The number of nitrogens with one attached hydrogen (secondary N) is 3. The van der Waals surface area contributed by atoms with Crippen molar-refractivity contribution in [3.8, 4) is 0 Å². The Morgan fingerprint density at radius 3 is 2.37 bits per heavy atom. The van der Waals surface area contributed by atoms with Crippen molar-refractivity contribution in [3.63, 3.8) is 0 Å². The van der Waals surface area contributed by atoms with Crippen LogP contribution in [0.2, 0.25) is 0 Å². The van der Waals surface area contributed by atoms with Crippen LogP contribution < -0.4 is 16.0 Å². The van der Waals surface area contributed by atoms with Gasteiger partial charge in [-0.3, -0.25) is 4.79 Å². The zero-order chi connectivity index (χ0) is 19.9. The van der Waals surface area contributed by atoms with E-state index in [2.05, 4.69) is 16.0 Å². The Kier molecular flexibility index (Phi) is 6.81. The minimum Gasteiger partial charge on any atom is -0.348 e. The summed E-state index contributed by atoms with van der Waals surface area (Å²) in [5.41, 5.74) is 0.460. The highest BCUT2D eigenvalue weighted by Crippen LogP contribution is 2.30. The fraction of sp³-hybridized carbons (Fsp3) is 0.263. The summed E-state index contributed by atoms with van der Waals surface area (Å²) in [6, 6.07) is 12.9. The van der Waals surface area contributed by atoms with Crippen LogP contribution in [0.1, 0.15) is 29.7 Å². The second-order valence-corrected chi connectivity index (χ2v) is 5.93. The molecule has 3 amide bonds. The van der Waals surface area contributed by atoms with Crippen molar-refractivity contribution in [2.45, 2.75) is 25.7 Å². The Balaban J connectivity index is 1.79. The van der Waals surface area contributed by atoms with Crippen molar-refractivity contribution >= 4 is 11.9 Å². The summed E-state index contributed by atoms with van der Waals surface area (Å²) >= 11 is 0. The summed E-state index contributed by atoms with van der Waals surface area (Å²) in [5.74, 6) is -0.505. The van der Waals surface area contributed by atoms with Crippen LogP contribution in [0.5, 0.6) is 0 Å². The first-order valence-corrected chi connectivity index (χ1v) is 8.28. The van der Waals surface area contributed by atoms with Gasteiger partial charge in [0, 0.05) is 6.54 Å². The Bertz CT molecular complexity index is 779. The SMILES string of the molecule is CC(NC(=O)CNC(=O)NCc1ccccc1)c1cccc(C(F)(F)F)c1. The fourth-order valence-corrected chi connectivity index (χ4v) is 2.36. The van der Waals surface area contributed by atoms with Gasteiger partial charge in [-0.15, -0.1) is 0 Å². The van der Waals surface area contributed by atoms with E-state index >= 15 is 0 Å². The van der Waals surface area contributed by atoms with E-state index in [4.69, 9.17) is 0 Å². The van der Waals surface area contributed by atoms with Gasteiger partial charge >= 0.3 is 12.2 Å². The highest BCUT2D eigenvalue weighted by atomic mass is 19.4. The molecular weight excluding hydrogens is 359 g/mol. The van der Waals surface area contributed by atoms with Crippen LogP contribution in [0.3, 0.4) is 0 Å². The Labute approximate surface area is 155 Å². The number of carbonyl (C=O) groups is 2. The first-order chi connectivity index (χ1) is 12.8. The molecule has 2 aromatic rings. The maximum Gasteiger partial charge on any atom is 0.416 e. The maximum atomic E-state index is 12.8. The number of hydrogen-bond acceptors (Lipinski definition) is 2. The van der Waals surface area contributed by atoms with Gasteiger partial charge in [0.15, 0.2) is 0 Å². The molecule has 0 spiro atoms. The lowest BCUT2D eigenvalue weighted by Crippen LogP contribution is -2.42. The number of halogens is 3. The van der Waals surface area contributed by atoms with Crippen LogP contribution in [0, 0.1) is 0 Å². The van der Waals surface area contributed by atoms with Crippen molar-refractivity contribution in [1.82, 2.24) is 16.0 Å². The summed E-state index contributed by atoms with van der Waals surface area (Å²) in [6.45, 7) is 1.60. The van der Waals surface area contributed by atoms with Gasteiger partial charge in [-0.2, -0.15) is 13.2 Å². The van der Waals surface area contributed by atoms with E-state index in [1.807, 2.05) is 30.3 Å². The lowest BCUT2D eigenvalue weighted by Gasteiger charge is -2.16. The monoisotopic (exact) mass is 379 g/mol. The van der Waals surface area contributed by atoms with Crippen molar-refractivity contribution < 1.29 is 22.8 Å². The minimum atomic E-state index is -4.45. The number of urea groups is 1. The standard InChI is InChI=1S/C19H20F3N3O2/c1-13(15-8-5-9-16(10-15)19(20,21)22)25-17(26)12-24-18(27)23-11-14-6-3-2-4-7-14/h2-10,13H,11-12H2,1H3,(H,25,26)(H2,23,24,27). The van der Waals surface area contributed by atoms with Crippen molar-refractivity contribution in [2.24, 2.45) is 0 Å². The molecule has 1 atom stereocenters. The average molecular weight is 379 g/mol. The molecule has 0 saturated carbocycles. The second-order valence-electron chi connectivity index (χ2n) is 5.93. The molecule has 2 rings (SSSR count). The Morgan fingerprint density at radius 2 is 1.70 bits per heavy atom. The lowest BCUT2D eigenvalue weighted by atomic mass is 10.0. The van der Waals surface area contributed by atoms with E-state index in [1.54, 1.807) is 6.92 Å². The molecule has 0 aliphatic rings. The molecule has 2 aromatic carbocycles. The number of rotatable bonds is 6. The molecule has 0 heterocycles. The number of amides is 3. The van der Waals surface area contributed by atoms with Crippen molar-refractivity contribution in [1.29, 1.82) is 0 Å². The maximum absolute atomic E-state index is 12.8. The van der Waals surface area contributed by atoms with Gasteiger partial charge in [-0.05, 0) is 30.2 Å². The second kappa shape index (κ2) is 9.07. The summed E-state index contributed by atoms with van der Waals surface area (Å²) in [6.07, 6.45) is -4.45. The molecule has 0 bridgehead atoms. The van der Waals surface area contributed by atoms with E-state index < -0.39 is 29.7 Å². The van der Waals surface area contributed by atoms with Gasteiger partial charge < -0.3 is 16.0 Å². The normalized spacial score (nSPS) is 12.1. The van der Waals surface area contributed by atoms with Crippen LogP contribution in [0.25, 0.3) is 0 Å². The third kappa shape index (κ3) is 6.65. The lowest BCUT2D eigenvalue weighted by molar-refractivity contribution is -0.137. The molecule has 0 aliphatic heterocycles. The van der Waals surface area contributed by atoms with Crippen LogP contribution in [-0.4, -0.2) is 18.5 Å². The first-order valence-electron chi connectivity index (χ1n) is 8.28. The van der Waals surface area contributed by atoms with E-state index in [0.717, 1.165) is 17.7 Å². The number of benzene rings is 2. The summed E-state index contributed by atoms with van der Waals surface area (Å²) in [4.78, 5) is 23.6. The van der Waals surface area contributed by atoms with E-state index in [9.17, 15) is 22.8 Å². The molecule has 8 heteroatoms. The average Bonchev–Trinajstić information content (AvgIpc) is 2.65. The molecule has 0 radical (unpaired) electrons. The quantitative estimate of drug-likeness (QED) is 0.720. The van der Waals surface area contributed by atoms with Gasteiger partial charge in [0.2, 0.25) is 5.91 Å². The predicted octanol–water partition coefficient (Wildman–Crippen LogP) is 3.38. The zero-order valence-corrected chi connectivity index (χ0v) is 14.6. The summed E-state index contributed by atoms with van der Waals surface area (Å²) in [5, 5.41) is 7.57. The highest BCUT2D eigenvalue weighted by molar-refractivity contribution is 5.84. The van der Waals surface area contributed by atoms with Gasteiger partial charge in [0.05, 0.1) is 18.2 Å². The van der Waals surface area contributed by atoms with Crippen molar-refractivity contribution in [3.05, 3.63) is 71.3 Å². The van der Waals surface area contributed by atoms with E-state index in [0.29, 0.717) is 12.1 Å². The summed E-state index contributed by atoms with van der Waals surface area (Å²) < 4.78 is 38.3. The smallest absolute Gasteiger partial charge is 0.348 e. The molecule has 27 heavy (non-hydrogen) atoms. The topological polar surface area (TPSA) is 70.2 Å². The fourth-order valence-electron chi connectivity index (χ4n) is 2.36.